The fourth-order valence-electron chi connectivity index (χ4n) is 1.36. The monoisotopic (exact) mass is 262 g/mol. The molecule has 0 heterocycles. The summed E-state index contributed by atoms with van der Waals surface area (Å²) in [6.07, 6.45) is 3.05. The van der Waals surface area contributed by atoms with Gasteiger partial charge in [-0.1, -0.05) is 0 Å². The molecule has 2 atom stereocenters. The van der Waals surface area contributed by atoms with Gasteiger partial charge < -0.3 is 15.7 Å². The second-order valence-electron chi connectivity index (χ2n) is 4.12. The van der Waals surface area contributed by atoms with Crippen LogP contribution in [0.2, 0.25) is 0 Å². The van der Waals surface area contributed by atoms with Gasteiger partial charge in [0.05, 0.1) is 6.04 Å². The average Bonchev–Trinajstić information content (AvgIpc) is 2.30. The number of likely N-dealkylation sites (N-methyl/N-ethyl adjacent to an activating group) is 1. The van der Waals surface area contributed by atoms with Crippen LogP contribution in [0.5, 0.6) is 0 Å². The Morgan fingerprint density at radius 2 is 2.00 bits per heavy atom. The first-order valence-electron chi connectivity index (χ1n) is 5.63. The van der Waals surface area contributed by atoms with E-state index in [1.807, 2.05) is 13.2 Å². The molecular formula is C11H22N2O3S. The van der Waals surface area contributed by atoms with Gasteiger partial charge in [-0.3, -0.25) is 9.59 Å². The maximum Gasteiger partial charge on any atom is 0.303 e. The molecule has 0 aliphatic heterocycles. The first kappa shape index (κ1) is 16.2. The summed E-state index contributed by atoms with van der Waals surface area (Å²) in [7, 11) is 1.72. The lowest BCUT2D eigenvalue weighted by atomic mass is 10.1. The van der Waals surface area contributed by atoms with E-state index in [9.17, 15) is 9.59 Å². The van der Waals surface area contributed by atoms with Gasteiger partial charge in [-0.25, -0.2) is 0 Å². The van der Waals surface area contributed by atoms with Crippen LogP contribution in [0.4, 0.5) is 0 Å². The molecule has 0 aliphatic carbocycles. The number of carboxylic acids is 1. The average molecular weight is 262 g/mol. The maximum atomic E-state index is 11.9. The van der Waals surface area contributed by atoms with Gasteiger partial charge in [0.15, 0.2) is 0 Å². The van der Waals surface area contributed by atoms with Crippen molar-refractivity contribution in [3.05, 3.63) is 0 Å². The predicted octanol–water partition coefficient (Wildman–Crippen LogP) is 0.778. The molecule has 0 spiro atoms. The lowest BCUT2D eigenvalue weighted by Gasteiger charge is -2.27. The number of nitrogens with zero attached hydrogens (tertiary/aromatic N) is 1. The fraction of sp³-hybridized carbons (Fsp3) is 0.818. The molecule has 0 aliphatic rings. The van der Waals surface area contributed by atoms with Crippen molar-refractivity contribution in [2.75, 3.05) is 19.1 Å². The molecule has 0 fully saturated rings. The predicted molar refractivity (Wildman–Crippen MR) is 70.1 cm³/mol. The van der Waals surface area contributed by atoms with Crippen molar-refractivity contribution in [1.29, 1.82) is 0 Å². The molecule has 1 amide bonds. The quantitative estimate of drug-likeness (QED) is 0.675. The van der Waals surface area contributed by atoms with Crippen LogP contribution in [0.3, 0.4) is 0 Å². The lowest BCUT2D eigenvalue weighted by Crippen LogP contribution is -2.45. The molecule has 17 heavy (non-hydrogen) atoms. The zero-order valence-electron chi connectivity index (χ0n) is 10.7. The number of nitrogens with two attached hydrogens (primary N) is 1. The zero-order chi connectivity index (χ0) is 13.4. The smallest absolute Gasteiger partial charge is 0.303 e. The second kappa shape index (κ2) is 8.36. The third kappa shape index (κ3) is 6.53. The molecule has 0 rings (SSSR count). The minimum atomic E-state index is -0.925. The van der Waals surface area contributed by atoms with Gasteiger partial charge in [0.1, 0.15) is 0 Å². The third-order valence-electron chi connectivity index (χ3n) is 2.73. The van der Waals surface area contributed by atoms with E-state index in [0.29, 0.717) is 0 Å². The summed E-state index contributed by atoms with van der Waals surface area (Å²) in [5.41, 5.74) is 5.67. The van der Waals surface area contributed by atoms with Crippen LogP contribution in [0.15, 0.2) is 0 Å². The highest BCUT2D eigenvalue weighted by Crippen LogP contribution is 2.08. The van der Waals surface area contributed by atoms with E-state index in [2.05, 4.69) is 0 Å². The van der Waals surface area contributed by atoms with Crippen LogP contribution in [0, 0.1) is 0 Å². The number of amides is 1. The Kier molecular flexibility index (Phi) is 7.99. The normalized spacial score (nSPS) is 14.1. The molecule has 0 aromatic heterocycles. The van der Waals surface area contributed by atoms with Crippen molar-refractivity contribution >= 4 is 23.6 Å². The van der Waals surface area contributed by atoms with Crippen LogP contribution in [0.25, 0.3) is 0 Å². The van der Waals surface area contributed by atoms with Gasteiger partial charge in [0, 0.05) is 19.5 Å². The summed E-state index contributed by atoms with van der Waals surface area (Å²) in [5.74, 6) is -0.116. The minimum Gasteiger partial charge on any atom is -0.481 e. The van der Waals surface area contributed by atoms with E-state index in [1.165, 1.54) is 0 Å². The Hall–Kier alpha value is -0.750. The Balaban J connectivity index is 4.13. The highest BCUT2D eigenvalue weighted by atomic mass is 32.2. The van der Waals surface area contributed by atoms with Crippen LogP contribution in [-0.2, 0) is 9.59 Å². The largest absolute Gasteiger partial charge is 0.481 e. The lowest BCUT2D eigenvalue weighted by molar-refractivity contribution is -0.137. The molecule has 0 saturated heterocycles. The molecular weight excluding hydrogens is 240 g/mol. The molecule has 2 unspecified atom stereocenters. The maximum absolute atomic E-state index is 11.9. The van der Waals surface area contributed by atoms with Crippen LogP contribution >= 0.6 is 11.8 Å². The SMILES string of the molecule is CSCCC(C)N(C)C(=O)C(N)CCC(=O)O. The number of rotatable bonds is 8. The van der Waals surface area contributed by atoms with Gasteiger partial charge in [0.25, 0.3) is 0 Å². The molecule has 6 heteroatoms. The molecule has 0 aromatic rings. The van der Waals surface area contributed by atoms with Gasteiger partial charge in [-0.05, 0) is 31.8 Å². The van der Waals surface area contributed by atoms with Crippen LogP contribution < -0.4 is 5.73 Å². The summed E-state index contributed by atoms with van der Waals surface area (Å²) in [6, 6.07) is -0.585. The molecule has 100 valence electrons. The summed E-state index contributed by atoms with van der Waals surface area (Å²) in [4.78, 5) is 23.9. The first-order chi connectivity index (χ1) is 7.90. The summed E-state index contributed by atoms with van der Waals surface area (Å²) >= 11 is 1.73. The second-order valence-corrected chi connectivity index (χ2v) is 5.10. The van der Waals surface area contributed by atoms with Crippen LogP contribution in [0.1, 0.15) is 26.2 Å². The molecule has 0 saturated carbocycles. The molecule has 5 nitrogen and oxygen atoms in total. The molecule has 0 bridgehead atoms. The van der Waals surface area contributed by atoms with Crippen molar-refractivity contribution in [2.24, 2.45) is 5.73 Å². The first-order valence-corrected chi connectivity index (χ1v) is 7.02. The Morgan fingerprint density at radius 3 is 2.47 bits per heavy atom. The van der Waals surface area contributed by atoms with Crippen molar-refractivity contribution in [1.82, 2.24) is 4.90 Å². The van der Waals surface area contributed by atoms with Crippen molar-refractivity contribution in [2.45, 2.75) is 38.3 Å². The van der Waals surface area contributed by atoms with Crippen molar-refractivity contribution < 1.29 is 14.7 Å². The molecule has 0 radical (unpaired) electrons. The Morgan fingerprint density at radius 1 is 1.41 bits per heavy atom. The van der Waals surface area contributed by atoms with Gasteiger partial charge in [0.2, 0.25) is 5.91 Å². The van der Waals surface area contributed by atoms with E-state index in [4.69, 9.17) is 10.8 Å². The number of aliphatic carboxylic acids is 1. The highest BCUT2D eigenvalue weighted by molar-refractivity contribution is 7.98. The topological polar surface area (TPSA) is 83.6 Å². The van der Waals surface area contributed by atoms with E-state index in [1.54, 1.807) is 23.7 Å². The highest BCUT2D eigenvalue weighted by Gasteiger charge is 2.22. The van der Waals surface area contributed by atoms with E-state index in [0.717, 1.165) is 12.2 Å². The number of carbonyl (C=O) groups is 2. The van der Waals surface area contributed by atoms with Gasteiger partial charge in [-0.2, -0.15) is 11.8 Å². The molecule has 0 aromatic carbocycles. The van der Waals surface area contributed by atoms with E-state index < -0.39 is 12.0 Å². The number of thioether (sulfide) groups is 1. The fourth-order valence-corrected chi connectivity index (χ4v) is 1.94. The summed E-state index contributed by atoms with van der Waals surface area (Å²) < 4.78 is 0. The van der Waals surface area contributed by atoms with Crippen molar-refractivity contribution in [3.8, 4) is 0 Å². The van der Waals surface area contributed by atoms with Crippen molar-refractivity contribution in [3.63, 3.8) is 0 Å². The number of hydrogen-bond acceptors (Lipinski definition) is 4. The third-order valence-corrected chi connectivity index (χ3v) is 3.38. The summed E-state index contributed by atoms with van der Waals surface area (Å²) in [5, 5.41) is 8.52. The summed E-state index contributed by atoms with van der Waals surface area (Å²) in [6.45, 7) is 1.97. The standard InChI is InChI=1S/C11H22N2O3S/c1-8(6-7-17-3)13(2)11(16)9(12)4-5-10(14)15/h8-9H,4-7,12H2,1-3H3,(H,14,15). The minimum absolute atomic E-state index is 0.0695. The zero-order valence-corrected chi connectivity index (χ0v) is 11.5. The van der Waals surface area contributed by atoms with Gasteiger partial charge in [-0.15, -0.1) is 0 Å². The number of carbonyl (C=O) groups excluding carboxylic acids is 1. The Bertz CT molecular complexity index is 261. The molecule has 3 N–H and O–H groups in total. The van der Waals surface area contributed by atoms with Crippen LogP contribution in [-0.4, -0.2) is 53.0 Å². The Labute approximate surface area is 107 Å². The van der Waals surface area contributed by atoms with E-state index >= 15 is 0 Å². The van der Waals surface area contributed by atoms with Gasteiger partial charge >= 0.3 is 5.97 Å². The van der Waals surface area contributed by atoms with E-state index in [-0.39, 0.29) is 24.8 Å². The number of carboxylic acid groups (broad SMARTS) is 1. The number of hydrogen-bond donors (Lipinski definition) is 2.